The van der Waals surface area contributed by atoms with Crippen LogP contribution in [0.1, 0.15) is 25.1 Å². The van der Waals surface area contributed by atoms with Crippen LogP contribution in [-0.2, 0) is 19.1 Å². The molecule has 1 aliphatic carbocycles. The molecule has 2 atom stereocenters. The summed E-state index contributed by atoms with van der Waals surface area (Å²) >= 11 is 0. The lowest BCUT2D eigenvalue weighted by Crippen LogP contribution is -2.45. The molecule has 3 rings (SSSR count). The van der Waals surface area contributed by atoms with E-state index < -0.39 is 11.2 Å². The predicted octanol–water partition coefficient (Wildman–Crippen LogP) is 1.69. The Kier molecular flexibility index (Phi) is 1.86. The molecule has 1 aromatic heterocycles. The minimum absolute atomic E-state index is 0.497. The fourth-order valence-corrected chi connectivity index (χ4v) is 3.04. The first kappa shape index (κ1) is 10.8. The minimum Gasteiger partial charge on any atom is -0.386 e. The summed E-state index contributed by atoms with van der Waals surface area (Å²) in [7, 11) is 1.94. The lowest BCUT2D eigenvalue weighted by molar-refractivity contribution is -0.126. The zero-order valence-electron chi connectivity index (χ0n) is 10.4. The Hall–Kier alpha value is -1.32. The van der Waals surface area contributed by atoms with Gasteiger partial charge >= 0.3 is 0 Å². The fraction of sp³-hybridized carbons (Fsp3) is 0.429. The van der Waals surface area contributed by atoms with E-state index in [1.165, 1.54) is 0 Å². The lowest BCUT2D eigenvalue weighted by atomic mass is 9.88. The van der Waals surface area contributed by atoms with E-state index in [4.69, 9.17) is 0 Å². The van der Waals surface area contributed by atoms with Gasteiger partial charge in [-0.2, -0.15) is 0 Å². The zero-order valence-corrected chi connectivity index (χ0v) is 10.4. The van der Waals surface area contributed by atoms with E-state index in [-0.39, 0.29) is 0 Å². The first-order valence-corrected chi connectivity index (χ1v) is 5.88. The van der Waals surface area contributed by atoms with Crippen LogP contribution >= 0.6 is 0 Å². The summed E-state index contributed by atoms with van der Waals surface area (Å²) in [4.78, 5) is 0. The van der Waals surface area contributed by atoms with Gasteiger partial charge in [0.1, 0.15) is 5.60 Å². The third kappa shape index (κ3) is 1.13. The molecule has 2 aromatic rings. The van der Waals surface area contributed by atoms with Crippen LogP contribution < -0.4 is 0 Å². The molecule has 3 heteroatoms. The molecule has 0 saturated heterocycles. The molecule has 2 N–H and O–H groups in total. The van der Waals surface area contributed by atoms with Gasteiger partial charge in [0.25, 0.3) is 0 Å². The maximum atomic E-state index is 10.6. The Morgan fingerprint density at radius 3 is 2.53 bits per heavy atom. The van der Waals surface area contributed by atoms with Gasteiger partial charge in [0, 0.05) is 24.4 Å². The quantitative estimate of drug-likeness (QED) is 0.724. The molecule has 90 valence electrons. The molecule has 0 amide bonds. The van der Waals surface area contributed by atoms with Crippen molar-refractivity contribution < 1.29 is 10.2 Å². The fourth-order valence-electron chi connectivity index (χ4n) is 3.04. The van der Waals surface area contributed by atoms with Crippen LogP contribution in [0.3, 0.4) is 0 Å². The van der Waals surface area contributed by atoms with Crippen molar-refractivity contribution in [2.24, 2.45) is 7.05 Å². The smallest absolute Gasteiger partial charge is 0.130 e. The van der Waals surface area contributed by atoms with Gasteiger partial charge < -0.3 is 14.8 Å². The lowest BCUT2D eigenvalue weighted by Gasteiger charge is -2.33. The van der Waals surface area contributed by atoms with E-state index in [2.05, 4.69) is 0 Å². The number of benzene rings is 1. The molecule has 0 aliphatic heterocycles. The van der Waals surface area contributed by atoms with Crippen LogP contribution in [0.5, 0.6) is 0 Å². The molecular weight excluding hydrogens is 214 g/mol. The molecule has 1 heterocycles. The summed E-state index contributed by atoms with van der Waals surface area (Å²) in [5, 5.41) is 22.1. The van der Waals surface area contributed by atoms with E-state index in [0.29, 0.717) is 6.42 Å². The topological polar surface area (TPSA) is 45.4 Å². The monoisotopic (exact) mass is 231 g/mol. The Bertz CT molecular complexity index is 608. The van der Waals surface area contributed by atoms with Crippen molar-refractivity contribution in [3.8, 4) is 0 Å². The Morgan fingerprint density at radius 2 is 1.82 bits per heavy atom. The number of nitrogens with zero attached hydrogens (tertiary/aromatic N) is 1. The van der Waals surface area contributed by atoms with E-state index in [1.54, 1.807) is 13.8 Å². The number of hydrogen-bond acceptors (Lipinski definition) is 2. The normalized spacial score (nSPS) is 32.1. The molecule has 1 aromatic carbocycles. The van der Waals surface area contributed by atoms with E-state index in [1.807, 2.05) is 35.9 Å². The second-order valence-electron chi connectivity index (χ2n) is 5.43. The molecule has 0 bridgehead atoms. The van der Waals surface area contributed by atoms with Gasteiger partial charge in [0.05, 0.1) is 11.3 Å². The van der Waals surface area contributed by atoms with Crippen molar-refractivity contribution in [1.82, 2.24) is 4.57 Å². The molecule has 0 spiro atoms. The molecule has 1 aliphatic rings. The number of aliphatic hydroxyl groups is 2. The van der Waals surface area contributed by atoms with Crippen LogP contribution in [0.15, 0.2) is 24.3 Å². The van der Waals surface area contributed by atoms with Crippen molar-refractivity contribution in [2.75, 3.05) is 0 Å². The SMILES string of the molecule is Cn1c2c(c3ccccc31)C[C@@](C)(O)[C@@]2(C)O. The highest BCUT2D eigenvalue weighted by molar-refractivity contribution is 5.87. The Balaban J connectivity index is 2.42. The Morgan fingerprint density at radius 1 is 1.18 bits per heavy atom. The Labute approximate surface area is 100 Å². The van der Waals surface area contributed by atoms with Crippen molar-refractivity contribution >= 4 is 10.9 Å². The van der Waals surface area contributed by atoms with Crippen LogP contribution in [-0.4, -0.2) is 20.4 Å². The summed E-state index contributed by atoms with van der Waals surface area (Å²) in [5.74, 6) is 0. The van der Waals surface area contributed by atoms with Gasteiger partial charge in [0.15, 0.2) is 0 Å². The second kappa shape index (κ2) is 2.92. The molecular formula is C14H17NO2. The number of rotatable bonds is 0. The standard InChI is InChI=1S/C14H17NO2/c1-13(16)8-10-9-6-4-5-7-11(9)15(3)12(10)14(13,2)17/h4-7,16-17H,8H2,1-3H3/t13-,14+/m1/s1. The van der Waals surface area contributed by atoms with Gasteiger partial charge in [-0.05, 0) is 25.5 Å². The maximum Gasteiger partial charge on any atom is 0.130 e. The second-order valence-corrected chi connectivity index (χ2v) is 5.43. The van der Waals surface area contributed by atoms with E-state index in [9.17, 15) is 10.2 Å². The van der Waals surface area contributed by atoms with Gasteiger partial charge in [0.2, 0.25) is 0 Å². The third-order valence-corrected chi connectivity index (χ3v) is 4.24. The summed E-state index contributed by atoms with van der Waals surface area (Å²) in [6.45, 7) is 3.39. The summed E-state index contributed by atoms with van der Waals surface area (Å²) in [6, 6.07) is 8.07. The number of fused-ring (bicyclic) bond motifs is 3. The van der Waals surface area contributed by atoms with Crippen molar-refractivity contribution in [3.63, 3.8) is 0 Å². The highest BCUT2D eigenvalue weighted by Gasteiger charge is 2.52. The average Bonchev–Trinajstić information content (AvgIpc) is 2.62. The van der Waals surface area contributed by atoms with Crippen LogP contribution in [0.4, 0.5) is 0 Å². The van der Waals surface area contributed by atoms with Crippen LogP contribution in [0.2, 0.25) is 0 Å². The average molecular weight is 231 g/mol. The molecule has 0 unspecified atom stereocenters. The number of aromatic nitrogens is 1. The van der Waals surface area contributed by atoms with Gasteiger partial charge in [-0.15, -0.1) is 0 Å². The molecule has 0 radical (unpaired) electrons. The number of hydrogen-bond donors (Lipinski definition) is 2. The molecule has 3 nitrogen and oxygen atoms in total. The highest BCUT2D eigenvalue weighted by atomic mass is 16.4. The van der Waals surface area contributed by atoms with Crippen LogP contribution in [0.25, 0.3) is 10.9 Å². The van der Waals surface area contributed by atoms with Gasteiger partial charge in [-0.25, -0.2) is 0 Å². The highest BCUT2D eigenvalue weighted by Crippen LogP contribution is 2.47. The van der Waals surface area contributed by atoms with Crippen molar-refractivity contribution in [3.05, 3.63) is 35.5 Å². The van der Waals surface area contributed by atoms with Crippen molar-refractivity contribution in [2.45, 2.75) is 31.5 Å². The van der Waals surface area contributed by atoms with Gasteiger partial charge in [-0.1, -0.05) is 18.2 Å². The van der Waals surface area contributed by atoms with Gasteiger partial charge in [-0.3, -0.25) is 0 Å². The van der Waals surface area contributed by atoms with E-state index >= 15 is 0 Å². The predicted molar refractivity (Wildman–Crippen MR) is 66.8 cm³/mol. The summed E-state index contributed by atoms with van der Waals surface area (Å²) in [6.07, 6.45) is 0.497. The maximum absolute atomic E-state index is 10.6. The largest absolute Gasteiger partial charge is 0.386 e. The summed E-state index contributed by atoms with van der Waals surface area (Å²) < 4.78 is 1.99. The molecule has 0 fully saturated rings. The first-order chi connectivity index (χ1) is 7.86. The molecule has 0 saturated carbocycles. The minimum atomic E-state index is -1.20. The first-order valence-electron chi connectivity index (χ1n) is 5.88. The number of aryl methyl sites for hydroxylation is 1. The van der Waals surface area contributed by atoms with Crippen LogP contribution in [0, 0.1) is 0 Å². The number of para-hydroxylation sites is 1. The molecule has 17 heavy (non-hydrogen) atoms. The zero-order chi connectivity index (χ0) is 12.4. The van der Waals surface area contributed by atoms with E-state index in [0.717, 1.165) is 22.2 Å². The third-order valence-electron chi connectivity index (χ3n) is 4.24. The summed E-state index contributed by atoms with van der Waals surface area (Å²) in [5.41, 5.74) is 0.713. The van der Waals surface area contributed by atoms with Crippen molar-refractivity contribution in [1.29, 1.82) is 0 Å².